The Balaban J connectivity index is 0.000000191. The van der Waals surface area contributed by atoms with Crippen molar-refractivity contribution in [1.82, 2.24) is 15.5 Å². The Bertz CT molecular complexity index is 1510. The highest BCUT2D eigenvalue weighted by atomic mass is 32.2. The lowest BCUT2D eigenvalue weighted by Crippen LogP contribution is -2.46. The number of thioether (sulfide) groups is 1. The van der Waals surface area contributed by atoms with E-state index in [9.17, 15) is 9.18 Å². The summed E-state index contributed by atoms with van der Waals surface area (Å²) in [4.78, 5) is 18.9. The van der Waals surface area contributed by atoms with Crippen LogP contribution in [0.2, 0.25) is 0 Å². The van der Waals surface area contributed by atoms with Gasteiger partial charge in [0.05, 0.1) is 6.04 Å². The zero-order valence-corrected chi connectivity index (χ0v) is 33.5. The number of piperazine rings is 1. The van der Waals surface area contributed by atoms with Gasteiger partial charge in [-0.3, -0.25) is 9.69 Å². The third kappa shape index (κ3) is 10.9. The van der Waals surface area contributed by atoms with Crippen LogP contribution in [0.5, 0.6) is 0 Å². The molecule has 2 N–H and O–H groups in total. The molecule has 7 heteroatoms. The molecule has 2 aliphatic carbocycles. The number of nitrogens with one attached hydrogen (secondary N) is 2. The Morgan fingerprint density at radius 2 is 1.41 bits per heavy atom. The molecule has 2 atom stereocenters. The van der Waals surface area contributed by atoms with Crippen molar-refractivity contribution in [2.75, 3.05) is 44.2 Å². The van der Waals surface area contributed by atoms with Gasteiger partial charge in [0.1, 0.15) is 5.82 Å². The van der Waals surface area contributed by atoms with E-state index in [4.69, 9.17) is 0 Å². The molecule has 292 valence electrons. The van der Waals surface area contributed by atoms with E-state index in [0.717, 1.165) is 74.4 Å². The number of amides is 1. The highest BCUT2D eigenvalue weighted by Crippen LogP contribution is 2.43. The van der Waals surface area contributed by atoms with E-state index in [0.29, 0.717) is 6.42 Å². The number of carbonyl (C=O) groups excluding carboxylic acids is 1. The summed E-state index contributed by atoms with van der Waals surface area (Å²) in [6.07, 6.45) is 22.5. The van der Waals surface area contributed by atoms with E-state index >= 15 is 0 Å². The van der Waals surface area contributed by atoms with Crippen molar-refractivity contribution in [3.63, 3.8) is 0 Å². The summed E-state index contributed by atoms with van der Waals surface area (Å²) in [5.41, 5.74) is 4.74. The number of hydrogen-bond donors (Lipinski definition) is 2. The summed E-state index contributed by atoms with van der Waals surface area (Å²) in [5, 5.41) is 7.16. The lowest BCUT2D eigenvalue weighted by Gasteiger charge is -2.40. The van der Waals surface area contributed by atoms with E-state index in [-0.39, 0.29) is 17.8 Å². The standard InChI is InChI=1S/C28H30FN3OS.C19H35N/c29-22-11-13-23(14-12-22)32-18-16-31(17-19-32)15-5-10-27(33)30-28-24-7-2-1-6-21(24)20-34-26-9-4-3-8-25(26)28;1-3-9-16(10-4-1)19(17-11-5-2-6-12-17)15-18-13-7-8-14-20-18/h1-4,6-9,11-14,28H,5,10,15-20H2,(H,30,33);16-20H,1-15H2. The normalized spacial score (nSPS) is 22.7. The molecule has 5 nitrogen and oxygen atoms in total. The number of anilines is 1. The highest BCUT2D eigenvalue weighted by molar-refractivity contribution is 7.98. The maximum atomic E-state index is 13.2. The molecule has 0 radical (unpaired) electrons. The van der Waals surface area contributed by atoms with Crippen molar-refractivity contribution in [1.29, 1.82) is 0 Å². The van der Waals surface area contributed by atoms with E-state index < -0.39 is 0 Å². The molecule has 1 amide bonds. The quantitative estimate of drug-likeness (QED) is 0.216. The van der Waals surface area contributed by atoms with Crippen LogP contribution in [0, 0.1) is 23.6 Å². The van der Waals surface area contributed by atoms with Gasteiger partial charge < -0.3 is 15.5 Å². The van der Waals surface area contributed by atoms with Crippen LogP contribution in [-0.4, -0.2) is 56.1 Å². The Hall–Kier alpha value is -2.87. The molecule has 0 bridgehead atoms. The number of halogens is 1. The highest BCUT2D eigenvalue weighted by Gasteiger charge is 2.33. The molecule has 2 saturated carbocycles. The lowest BCUT2D eigenvalue weighted by molar-refractivity contribution is -0.121. The molecule has 3 aromatic rings. The summed E-state index contributed by atoms with van der Waals surface area (Å²) in [6.45, 7) is 5.96. The van der Waals surface area contributed by atoms with E-state index in [1.807, 2.05) is 23.9 Å². The first-order valence-electron chi connectivity index (χ1n) is 21.7. The second-order valence-electron chi connectivity index (χ2n) is 16.8. The van der Waals surface area contributed by atoms with Crippen molar-refractivity contribution >= 4 is 23.4 Å². The first kappa shape index (κ1) is 39.4. The van der Waals surface area contributed by atoms with Gasteiger partial charge >= 0.3 is 0 Å². The predicted molar refractivity (Wildman–Crippen MR) is 224 cm³/mol. The van der Waals surface area contributed by atoms with Gasteiger partial charge in [-0.2, -0.15) is 0 Å². The number of rotatable bonds is 10. The molecular formula is C47H65FN4OS. The van der Waals surface area contributed by atoms with Gasteiger partial charge in [0, 0.05) is 55.0 Å². The monoisotopic (exact) mass is 752 g/mol. The first-order valence-corrected chi connectivity index (χ1v) is 22.6. The third-order valence-electron chi connectivity index (χ3n) is 13.2. The van der Waals surface area contributed by atoms with Crippen LogP contribution in [0.15, 0.2) is 77.7 Å². The minimum absolute atomic E-state index is 0.103. The van der Waals surface area contributed by atoms with Gasteiger partial charge in [0.15, 0.2) is 0 Å². The topological polar surface area (TPSA) is 47.6 Å². The van der Waals surface area contributed by atoms with Crippen molar-refractivity contribution < 1.29 is 9.18 Å². The van der Waals surface area contributed by atoms with Gasteiger partial charge in [0.2, 0.25) is 5.91 Å². The molecule has 4 fully saturated rings. The fourth-order valence-electron chi connectivity index (χ4n) is 10.2. The smallest absolute Gasteiger partial charge is 0.220 e. The molecule has 3 aromatic carbocycles. The predicted octanol–water partition coefficient (Wildman–Crippen LogP) is 10.5. The molecular weight excluding hydrogens is 688 g/mol. The average molecular weight is 753 g/mol. The van der Waals surface area contributed by atoms with Crippen LogP contribution < -0.4 is 15.5 Å². The molecule has 5 aliphatic rings. The first-order chi connectivity index (χ1) is 26.6. The molecule has 2 unspecified atom stereocenters. The van der Waals surface area contributed by atoms with Gasteiger partial charge in [-0.1, -0.05) is 113 Å². The Morgan fingerprint density at radius 1 is 0.759 bits per heavy atom. The maximum Gasteiger partial charge on any atom is 0.220 e. The Morgan fingerprint density at radius 3 is 2.09 bits per heavy atom. The minimum Gasteiger partial charge on any atom is -0.369 e. The van der Waals surface area contributed by atoms with Gasteiger partial charge in [-0.05, 0) is 104 Å². The second-order valence-corrected chi connectivity index (χ2v) is 17.8. The van der Waals surface area contributed by atoms with E-state index in [1.54, 1.807) is 25.7 Å². The van der Waals surface area contributed by atoms with Crippen molar-refractivity contribution in [2.24, 2.45) is 17.8 Å². The zero-order valence-electron chi connectivity index (χ0n) is 32.7. The maximum absolute atomic E-state index is 13.2. The van der Waals surface area contributed by atoms with E-state index in [2.05, 4.69) is 69.0 Å². The Kier molecular flexibility index (Phi) is 14.8. The summed E-state index contributed by atoms with van der Waals surface area (Å²) in [5.74, 6) is 4.04. The van der Waals surface area contributed by atoms with E-state index in [1.165, 1.54) is 104 Å². The van der Waals surface area contributed by atoms with Crippen LogP contribution in [0.1, 0.15) is 125 Å². The van der Waals surface area contributed by atoms with Crippen LogP contribution in [-0.2, 0) is 10.5 Å². The molecule has 3 aliphatic heterocycles. The van der Waals surface area contributed by atoms with Crippen molar-refractivity contribution in [2.45, 2.75) is 125 Å². The number of hydrogen-bond acceptors (Lipinski definition) is 5. The molecule has 2 saturated heterocycles. The number of carbonyl (C=O) groups is 1. The lowest BCUT2D eigenvalue weighted by atomic mass is 9.67. The minimum atomic E-state index is -0.199. The molecule has 0 spiro atoms. The van der Waals surface area contributed by atoms with Gasteiger partial charge in [-0.15, -0.1) is 11.8 Å². The van der Waals surface area contributed by atoms with Gasteiger partial charge in [-0.25, -0.2) is 4.39 Å². The summed E-state index contributed by atoms with van der Waals surface area (Å²) in [6, 6.07) is 24.3. The van der Waals surface area contributed by atoms with Crippen LogP contribution in [0.4, 0.5) is 10.1 Å². The second kappa shape index (κ2) is 20.3. The van der Waals surface area contributed by atoms with Crippen LogP contribution in [0.3, 0.4) is 0 Å². The number of piperidine rings is 1. The SMILES string of the molecule is C1CCC(C(CC2CCCCN2)C2CCCCC2)CC1.O=C(CCCN1CCN(c2ccc(F)cc2)CC1)NC1c2ccccc2CSc2ccccc21. The summed E-state index contributed by atoms with van der Waals surface area (Å²) < 4.78 is 13.2. The third-order valence-corrected chi connectivity index (χ3v) is 14.3. The number of fused-ring (bicyclic) bond motifs is 2. The molecule has 3 heterocycles. The zero-order chi connectivity index (χ0) is 37.0. The number of benzene rings is 3. The Labute approximate surface area is 329 Å². The van der Waals surface area contributed by atoms with Crippen LogP contribution >= 0.6 is 11.8 Å². The molecule has 8 rings (SSSR count). The molecule has 0 aromatic heterocycles. The van der Waals surface area contributed by atoms with Gasteiger partial charge in [0.25, 0.3) is 0 Å². The largest absolute Gasteiger partial charge is 0.369 e. The fraction of sp³-hybridized carbons (Fsp3) is 0.596. The summed E-state index contributed by atoms with van der Waals surface area (Å²) >= 11 is 1.84. The molecule has 54 heavy (non-hydrogen) atoms. The average Bonchev–Trinajstić information content (AvgIpc) is 3.38. The number of nitrogens with zero attached hydrogens (tertiary/aromatic N) is 2. The van der Waals surface area contributed by atoms with Crippen molar-refractivity contribution in [3.05, 3.63) is 95.3 Å². The van der Waals surface area contributed by atoms with Crippen molar-refractivity contribution in [3.8, 4) is 0 Å². The van der Waals surface area contributed by atoms with Crippen LogP contribution in [0.25, 0.3) is 0 Å². The fourth-order valence-corrected chi connectivity index (χ4v) is 11.3. The summed E-state index contributed by atoms with van der Waals surface area (Å²) in [7, 11) is 0.